The van der Waals surface area contributed by atoms with Crippen LogP contribution < -0.4 is 5.32 Å². The standard InChI is InChI=1S/C18H18FN5O2/c1-11-13(8-21-22-11)7-20-18(25)16-6-15-10-26-17(9-24(15)23-16)12-2-4-14(19)5-3-12/h2-6,8,17H,7,9-10H2,1H3,(H,20,25)(H,21,22)/t17-/m1/s1. The second-order valence-electron chi connectivity index (χ2n) is 6.26. The number of aromatic amines is 1. The number of carbonyl (C=O) groups is 1. The van der Waals surface area contributed by atoms with Crippen LogP contribution in [0.15, 0.2) is 36.5 Å². The molecule has 0 spiro atoms. The molecule has 26 heavy (non-hydrogen) atoms. The van der Waals surface area contributed by atoms with E-state index in [-0.39, 0.29) is 17.8 Å². The van der Waals surface area contributed by atoms with Gasteiger partial charge in [-0.25, -0.2) is 4.39 Å². The van der Waals surface area contributed by atoms with Crippen molar-refractivity contribution in [1.82, 2.24) is 25.3 Å². The Morgan fingerprint density at radius 2 is 2.23 bits per heavy atom. The molecular weight excluding hydrogens is 337 g/mol. The van der Waals surface area contributed by atoms with Gasteiger partial charge in [0, 0.05) is 17.8 Å². The van der Waals surface area contributed by atoms with Crippen molar-refractivity contribution in [2.24, 2.45) is 0 Å². The van der Waals surface area contributed by atoms with E-state index in [1.54, 1.807) is 29.1 Å². The summed E-state index contributed by atoms with van der Waals surface area (Å²) in [4.78, 5) is 12.4. The summed E-state index contributed by atoms with van der Waals surface area (Å²) in [7, 11) is 0. The first kappa shape index (κ1) is 16.5. The van der Waals surface area contributed by atoms with Crippen molar-refractivity contribution in [2.75, 3.05) is 0 Å². The molecule has 0 saturated carbocycles. The van der Waals surface area contributed by atoms with E-state index < -0.39 is 0 Å². The lowest BCUT2D eigenvalue weighted by molar-refractivity contribution is -0.00123. The predicted octanol–water partition coefficient (Wildman–Crippen LogP) is 2.26. The maximum absolute atomic E-state index is 13.1. The number of aromatic nitrogens is 4. The van der Waals surface area contributed by atoms with Gasteiger partial charge >= 0.3 is 0 Å². The zero-order valence-corrected chi connectivity index (χ0v) is 14.2. The largest absolute Gasteiger partial charge is 0.365 e. The summed E-state index contributed by atoms with van der Waals surface area (Å²) < 4.78 is 20.7. The molecule has 1 atom stereocenters. The Hall–Kier alpha value is -3.00. The fourth-order valence-electron chi connectivity index (χ4n) is 2.94. The van der Waals surface area contributed by atoms with Gasteiger partial charge in [0.1, 0.15) is 11.9 Å². The summed E-state index contributed by atoms with van der Waals surface area (Å²) in [5.41, 5.74) is 3.93. The first-order chi connectivity index (χ1) is 12.6. The van der Waals surface area contributed by atoms with E-state index >= 15 is 0 Å². The first-order valence-electron chi connectivity index (χ1n) is 8.31. The number of halogens is 1. The van der Waals surface area contributed by atoms with Crippen LogP contribution in [0, 0.1) is 12.7 Å². The average molecular weight is 355 g/mol. The van der Waals surface area contributed by atoms with Crippen molar-refractivity contribution >= 4 is 5.91 Å². The number of amides is 1. The maximum Gasteiger partial charge on any atom is 0.272 e. The fourth-order valence-corrected chi connectivity index (χ4v) is 2.94. The van der Waals surface area contributed by atoms with E-state index in [1.807, 2.05) is 6.92 Å². The van der Waals surface area contributed by atoms with Crippen molar-refractivity contribution in [2.45, 2.75) is 32.7 Å². The Bertz CT molecular complexity index is 931. The predicted molar refractivity (Wildman–Crippen MR) is 90.7 cm³/mol. The minimum Gasteiger partial charge on any atom is -0.365 e. The van der Waals surface area contributed by atoms with Gasteiger partial charge < -0.3 is 10.1 Å². The molecule has 0 unspecified atom stereocenters. The molecular formula is C18H18FN5O2. The third-order valence-corrected chi connectivity index (χ3v) is 4.48. The normalized spacial score (nSPS) is 16.3. The molecule has 2 N–H and O–H groups in total. The number of aryl methyl sites for hydroxylation is 1. The second-order valence-corrected chi connectivity index (χ2v) is 6.26. The third kappa shape index (κ3) is 3.23. The van der Waals surface area contributed by atoms with Crippen molar-refractivity contribution in [3.63, 3.8) is 0 Å². The van der Waals surface area contributed by atoms with E-state index in [1.165, 1.54) is 12.1 Å². The van der Waals surface area contributed by atoms with Crippen LogP contribution in [0.5, 0.6) is 0 Å². The summed E-state index contributed by atoms with van der Waals surface area (Å²) in [6.45, 7) is 3.12. The van der Waals surface area contributed by atoms with E-state index in [2.05, 4.69) is 20.6 Å². The SMILES string of the molecule is Cc1[nH]ncc1CNC(=O)c1cc2n(n1)C[C@H](c1ccc(F)cc1)OC2. The lowest BCUT2D eigenvalue weighted by atomic mass is 10.1. The molecule has 3 aromatic rings. The van der Waals surface area contributed by atoms with Crippen LogP contribution in [0.2, 0.25) is 0 Å². The number of nitrogens with zero attached hydrogens (tertiary/aromatic N) is 3. The Morgan fingerprint density at radius 1 is 1.42 bits per heavy atom. The molecule has 2 aromatic heterocycles. The van der Waals surface area contributed by atoms with E-state index in [0.717, 1.165) is 22.5 Å². The van der Waals surface area contributed by atoms with Crippen LogP contribution in [0.25, 0.3) is 0 Å². The van der Waals surface area contributed by atoms with Crippen molar-refractivity contribution in [3.05, 3.63) is 70.6 Å². The van der Waals surface area contributed by atoms with Crippen molar-refractivity contribution < 1.29 is 13.9 Å². The Morgan fingerprint density at radius 3 is 2.96 bits per heavy atom. The Labute approximate surface area is 149 Å². The van der Waals surface area contributed by atoms with E-state index in [9.17, 15) is 9.18 Å². The van der Waals surface area contributed by atoms with Gasteiger partial charge in [-0.3, -0.25) is 14.6 Å². The number of nitrogens with one attached hydrogen (secondary N) is 2. The van der Waals surface area contributed by atoms with Crippen molar-refractivity contribution in [3.8, 4) is 0 Å². The molecule has 1 aliphatic heterocycles. The number of fused-ring (bicyclic) bond motifs is 1. The van der Waals surface area contributed by atoms with Gasteiger partial charge in [0.05, 0.1) is 25.0 Å². The highest BCUT2D eigenvalue weighted by Crippen LogP contribution is 2.26. The smallest absolute Gasteiger partial charge is 0.272 e. The van der Waals surface area contributed by atoms with Crippen LogP contribution in [0.3, 0.4) is 0 Å². The molecule has 0 saturated heterocycles. The number of H-pyrrole nitrogens is 1. The number of hydrogen-bond donors (Lipinski definition) is 2. The van der Waals surface area contributed by atoms with Crippen LogP contribution in [0.4, 0.5) is 4.39 Å². The minimum atomic E-state index is -0.281. The van der Waals surface area contributed by atoms with E-state index in [0.29, 0.717) is 25.4 Å². The van der Waals surface area contributed by atoms with Gasteiger partial charge in [-0.05, 0) is 30.7 Å². The molecule has 3 heterocycles. The molecule has 1 amide bonds. The quantitative estimate of drug-likeness (QED) is 0.752. The molecule has 0 bridgehead atoms. The third-order valence-electron chi connectivity index (χ3n) is 4.48. The molecule has 0 radical (unpaired) electrons. The topological polar surface area (TPSA) is 84.8 Å². The summed E-state index contributed by atoms with van der Waals surface area (Å²) in [5, 5.41) is 14.0. The molecule has 7 nitrogen and oxygen atoms in total. The lowest BCUT2D eigenvalue weighted by Gasteiger charge is -2.24. The van der Waals surface area contributed by atoms with Crippen LogP contribution in [0.1, 0.15) is 39.1 Å². The zero-order chi connectivity index (χ0) is 18.1. The van der Waals surface area contributed by atoms with Crippen molar-refractivity contribution in [1.29, 1.82) is 0 Å². The Balaban J connectivity index is 1.44. The van der Waals surface area contributed by atoms with Gasteiger partial charge in [-0.15, -0.1) is 0 Å². The monoisotopic (exact) mass is 355 g/mol. The number of benzene rings is 1. The van der Waals surface area contributed by atoms with Gasteiger partial charge in [0.25, 0.3) is 5.91 Å². The number of ether oxygens (including phenoxy) is 1. The Kier molecular flexibility index (Phi) is 4.26. The molecule has 1 aromatic carbocycles. The van der Waals surface area contributed by atoms with Crippen LogP contribution >= 0.6 is 0 Å². The molecule has 134 valence electrons. The average Bonchev–Trinajstić information content (AvgIpc) is 3.25. The van der Waals surface area contributed by atoms with Crippen LogP contribution in [-0.2, 0) is 24.4 Å². The highest BCUT2D eigenvalue weighted by molar-refractivity contribution is 5.92. The summed E-state index contributed by atoms with van der Waals surface area (Å²) in [6.07, 6.45) is 1.47. The van der Waals surface area contributed by atoms with Gasteiger partial charge in [0.2, 0.25) is 0 Å². The van der Waals surface area contributed by atoms with E-state index in [4.69, 9.17) is 4.74 Å². The fraction of sp³-hybridized carbons (Fsp3) is 0.278. The number of carbonyl (C=O) groups excluding carboxylic acids is 1. The zero-order valence-electron chi connectivity index (χ0n) is 14.2. The first-order valence-corrected chi connectivity index (χ1v) is 8.31. The number of rotatable bonds is 4. The molecule has 0 fully saturated rings. The minimum absolute atomic E-state index is 0.215. The number of hydrogen-bond acceptors (Lipinski definition) is 4. The summed E-state index contributed by atoms with van der Waals surface area (Å²) in [6, 6.07) is 7.96. The van der Waals surface area contributed by atoms with Gasteiger partial charge in [0.15, 0.2) is 5.69 Å². The highest BCUT2D eigenvalue weighted by Gasteiger charge is 2.24. The highest BCUT2D eigenvalue weighted by atomic mass is 19.1. The summed E-state index contributed by atoms with van der Waals surface area (Å²) >= 11 is 0. The molecule has 8 heteroatoms. The molecule has 1 aliphatic rings. The molecule has 4 rings (SSSR count). The second kappa shape index (κ2) is 6.72. The summed E-state index contributed by atoms with van der Waals surface area (Å²) in [5.74, 6) is -0.526. The molecule has 0 aliphatic carbocycles. The maximum atomic E-state index is 13.1. The van der Waals surface area contributed by atoms with Crippen LogP contribution in [-0.4, -0.2) is 25.9 Å². The van der Waals surface area contributed by atoms with Gasteiger partial charge in [-0.2, -0.15) is 10.2 Å². The lowest BCUT2D eigenvalue weighted by Crippen LogP contribution is -2.24. The van der Waals surface area contributed by atoms with Gasteiger partial charge in [-0.1, -0.05) is 12.1 Å².